The first kappa shape index (κ1) is 17.6. The summed E-state index contributed by atoms with van der Waals surface area (Å²) in [7, 11) is 0. The van der Waals surface area contributed by atoms with Crippen molar-refractivity contribution in [2.24, 2.45) is 0 Å². The van der Waals surface area contributed by atoms with Crippen molar-refractivity contribution >= 4 is 17.3 Å². The van der Waals surface area contributed by atoms with Gasteiger partial charge in [0.1, 0.15) is 11.4 Å². The molecule has 0 N–H and O–H groups in total. The van der Waals surface area contributed by atoms with Crippen molar-refractivity contribution < 1.29 is 17.9 Å². The minimum atomic E-state index is -4.49. The van der Waals surface area contributed by atoms with Gasteiger partial charge in [0.15, 0.2) is 0 Å². The zero-order valence-electron chi connectivity index (χ0n) is 13.5. The first-order valence-corrected chi connectivity index (χ1v) is 8.05. The van der Waals surface area contributed by atoms with Crippen LogP contribution in [0.25, 0.3) is 5.70 Å². The lowest BCUT2D eigenvalue weighted by Crippen LogP contribution is -2.32. The van der Waals surface area contributed by atoms with Crippen LogP contribution in [0.2, 0.25) is 0 Å². The number of fused-ring (bicyclic) bond motifs is 1. The fraction of sp³-hybridized carbons (Fsp3) is 0.278. The van der Waals surface area contributed by atoms with E-state index in [1.807, 2.05) is 0 Å². The molecule has 1 aliphatic heterocycles. The minimum Gasteiger partial charge on any atom is -0.483 e. The zero-order valence-corrected chi connectivity index (χ0v) is 14.3. The number of rotatable bonds is 2. The number of hydrogen-bond acceptors (Lipinski definition) is 2. The molecule has 0 spiro atoms. The average Bonchev–Trinajstić information content (AvgIpc) is 2.51. The molecule has 0 aliphatic carbocycles. The van der Waals surface area contributed by atoms with E-state index in [2.05, 4.69) is 0 Å². The first-order valence-electron chi connectivity index (χ1n) is 7.52. The predicted octanol–water partition coefficient (Wildman–Crippen LogP) is 4.67. The van der Waals surface area contributed by atoms with Crippen LogP contribution in [0.15, 0.2) is 47.4 Å². The van der Waals surface area contributed by atoms with Crippen LogP contribution in [0.5, 0.6) is 5.75 Å². The van der Waals surface area contributed by atoms with Crippen LogP contribution in [0.3, 0.4) is 0 Å². The third-order valence-electron chi connectivity index (χ3n) is 3.84. The fourth-order valence-electron chi connectivity index (χ4n) is 2.72. The van der Waals surface area contributed by atoms with Crippen molar-refractivity contribution in [2.45, 2.75) is 31.5 Å². The third kappa shape index (κ3) is 3.44. The molecule has 2 aromatic rings. The maximum absolute atomic E-state index is 13.1. The molecule has 7 heteroatoms. The smallest absolute Gasteiger partial charge is 0.416 e. The van der Waals surface area contributed by atoms with Gasteiger partial charge in [-0.05, 0) is 49.8 Å². The first-order chi connectivity index (χ1) is 11.6. The fourth-order valence-corrected chi connectivity index (χ4v) is 2.88. The number of benzene rings is 1. The van der Waals surface area contributed by atoms with E-state index < -0.39 is 17.3 Å². The highest BCUT2D eigenvalue weighted by Gasteiger charge is 2.34. The van der Waals surface area contributed by atoms with Crippen molar-refractivity contribution in [3.05, 3.63) is 69.6 Å². The summed E-state index contributed by atoms with van der Waals surface area (Å²) >= 11 is 5.73. The molecule has 3 nitrogen and oxygen atoms in total. The number of alkyl halides is 4. The van der Waals surface area contributed by atoms with E-state index in [1.54, 1.807) is 26.0 Å². The molecule has 1 aromatic heterocycles. The van der Waals surface area contributed by atoms with Crippen LogP contribution in [-0.4, -0.2) is 10.2 Å². The maximum Gasteiger partial charge on any atom is 0.416 e. The molecular weight excluding hydrogens is 355 g/mol. The predicted molar refractivity (Wildman–Crippen MR) is 89.8 cm³/mol. The number of halogens is 4. The molecule has 0 saturated carbocycles. The Hall–Kier alpha value is -2.21. The normalized spacial score (nSPS) is 16.0. The van der Waals surface area contributed by atoms with E-state index in [1.165, 1.54) is 22.9 Å². The average molecular weight is 370 g/mol. The quantitative estimate of drug-likeness (QED) is 0.720. The molecule has 1 aromatic carbocycles. The zero-order chi connectivity index (χ0) is 18.4. The van der Waals surface area contributed by atoms with Gasteiger partial charge in [0.25, 0.3) is 5.56 Å². The summed E-state index contributed by atoms with van der Waals surface area (Å²) in [5.74, 6) is 0.474. The van der Waals surface area contributed by atoms with Crippen molar-refractivity contribution in [3.8, 4) is 5.75 Å². The van der Waals surface area contributed by atoms with Crippen LogP contribution in [0.1, 0.15) is 30.5 Å². The Kier molecular flexibility index (Phi) is 4.19. The van der Waals surface area contributed by atoms with Gasteiger partial charge in [-0.15, -0.1) is 11.6 Å². The van der Waals surface area contributed by atoms with E-state index in [9.17, 15) is 18.0 Å². The molecule has 3 rings (SSSR count). The molecule has 0 radical (unpaired) electrons. The second kappa shape index (κ2) is 5.95. The Bertz CT molecular complexity index is 913. The summed E-state index contributed by atoms with van der Waals surface area (Å²) in [5, 5.41) is 0. The number of ether oxygens (including phenoxy) is 1. The molecule has 0 unspecified atom stereocenters. The van der Waals surface area contributed by atoms with Gasteiger partial charge in [0.2, 0.25) is 0 Å². The summed E-state index contributed by atoms with van der Waals surface area (Å²) in [6, 6.07) is 6.27. The van der Waals surface area contributed by atoms with Crippen LogP contribution in [0, 0.1) is 0 Å². The standard InChI is InChI=1S/C18H15ClF3NO2/c1-17(2)9-14(23-6-5-11(10-19)7-16(23)24)13-8-12(18(20,21)22)3-4-15(13)25-17/h3-9H,10H2,1-2H3. The number of nitrogens with zero attached hydrogens (tertiary/aromatic N) is 1. The molecule has 0 bridgehead atoms. The topological polar surface area (TPSA) is 31.2 Å². The van der Waals surface area contributed by atoms with E-state index >= 15 is 0 Å². The summed E-state index contributed by atoms with van der Waals surface area (Å²) in [4.78, 5) is 12.4. The molecule has 25 heavy (non-hydrogen) atoms. The van der Waals surface area contributed by atoms with Crippen LogP contribution in [0.4, 0.5) is 13.2 Å². The van der Waals surface area contributed by atoms with Gasteiger partial charge in [-0.2, -0.15) is 13.2 Å². The Labute approximate surface area is 147 Å². The van der Waals surface area contributed by atoms with Crippen LogP contribution >= 0.6 is 11.6 Å². The third-order valence-corrected chi connectivity index (χ3v) is 4.15. The van der Waals surface area contributed by atoms with Gasteiger partial charge in [-0.25, -0.2) is 0 Å². The number of aromatic nitrogens is 1. The Balaban J connectivity index is 2.22. The highest BCUT2D eigenvalue weighted by atomic mass is 35.5. The van der Waals surface area contributed by atoms with E-state index in [0.29, 0.717) is 17.0 Å². The monoisotopic (exact) mass is 369 g/mol. The highest BCUT2D eigenvalue weighted by molar-refractivity contribution is 6.17. The number of pyridine rings is 1. The second-order valence-electron chi connectivity index (χ2n) is 6.32. The van der Waals surface area contributed by atoms with Crippen molar-refractivity contribution in [1.29, 1.82) is 0 Å². The van der Waals surface area contributed by atoms with Gasteiger partial charge in [-0.3, -0.25) is 9.36 Å². The van der Waals surface area contributed by atoms with Crippen molar-refractivity contribution in [2.75, 3.05) is 0 Å². The van der Waals surface area contributed by atoms with Gasteiger partial charge >= 0.3 is 6.18 Å². The van der Waals surface area contributed by atoms with Gasteiger partial charge < -0.3 is 4.74 Å². The number of hydrogen-bond donors (Lipinski definition) is 0. The molecule has 1 aliphatic rings. The van der Waals surface area contributed by atoms with Crippen molar-refractivity contribution in [3.63, 3.8) is 0 Å². The van der Waals surface area contributed by atoms with E-state index in [0.717, 1.165) is 12.1 Å². The molecule has 0 saturated heterocycles. The summed E-state index contributed by atoms with van der Waals surface area (Å²) in [5.41, 5.74) is -0.735. The largest absolute Gasteiger partial charge is 0.483 e. The Morgan fingerprint density at radius 3 is 2.52 bits per heavy atom. The minimum absolute atomic E-state index is 0.179. The van der Waals surface area contributed by atoms with Gasteiger partial charge in [0, 0.05) is 23.7 Å². The Morgan fingerprint density at radius 1 is 1.20 bits per heavy atom. The van der Waals surface area contributed by atoms with E-state index in [-0.39, 0.29) is 17.0 Å². The van der Waals surface area contributed by atoms with Gasteiger partial charge in [0.05, 0.1) is 11.3 Å². The molecule has 0 fully saturated rings. The lowest BCUT2D eigenvalue weighted by atomic mass is 9.97. The van der Waals surface area contributed by atoms with Gasteiger partial charge in [-0.1, -0.05) is 0 Å². The summed E-state index contributed by atoms with van der Waals surface area (Å²) in [6.45, 7) is 3.54. The molecule has 0 atom stereocenters. The second-order valence-corrected chi connectivity index (χ2v) is 6.59. The van der Waals surface area contributed by atoms with Crippen LogP contribution in [-0.2, 0) is 12.1 Å². The highest BCUT2D eigenvalue weighted by Crippen LogP contribution is 2.40. The maximum atomic E-state index is 13.1. The SMILES string of the molecule is CC1(C)C=C(n2ccc(CCl)cc2=O)c2cc(C(F)(F)F)ccc2O1. The molecule has 132 valence electrons. The summed E-state index contributed by atoms with van der Waals surface area (Å²) < 4.78 is 46.3. The lowest BCUT2D eigenvalue weighted by molar-refractivity contribution is -0.137. The summed E-state index contributed by atoms with van der Waals surface area (Å²) in [6.07, 6.45) is -1.34. The molecular formula is C18H15ClF3NO2. The van der Waals surface area contributed by atoms with Crippen molar-refractivity contribution in [1.82, 2.24) is 4.57 Å². The van der Waals surface area contributed by atoms with Crippen LogP contribution < -0.4 is 10.3 Å². The molecule has 0 amide bonds. The molecule has 2 heterocycles. The van der Waals surface area contributed by atoms with E-state index in [4.69, 9.17) is 16.3 Å². The Morgan fingerprint density at radius 2 is 1.92 bits per heavy atom. The lowest BCUT2D eigenvalue weighted by Gasteiger charge is -2.32.